The van der Waals surface area contributed by atoms with Crippen molar-refractivity contribution in [3.05, 3.63) is 59.4 Å². The highest BCUT2D eigenvalue weighted by Gasteiger charge is 2.32. The van der Waals surface area contributed by atoms with E-state index in [-0.39, 0.29) is 12.0 Å². The number of aryl methyl sites for hydroxylation is 3. The van der Waals surface area contributed by atoms with Crippen LogP contribution < -0.4 is 4.74 Å². The number of carbonyl (C=O) groups is 1. The smallest absolute Gasteiger partial charge is 0.223 e. The van der Waals surface area contributed by atoms with Crippen molar-refractivity contribution in [2.24, 2.45) is 0 Å². The van der Waals surface area contributed by atoms with Gasteiger partial charge in [0.2, 0.25) is 5.91 Å². The number of pyridine rings is 1. The molecular formula is C19H22N2O2. The van der Waals surface area contributed by atoms with E-state index in [1.807, 2.05) is 61.3 Å². The summed E-state index contributed by atoms with van der Waals surface area (Å²) in [7, 11) is 0. The average Bonchev–Trinajstić information content (AvgIpc) is 2.51. The molecule has 1 fully saturated rings. The number of para-hydroxylation sites is 1. The first-order valence-corrected chi connectivity index (χ1v) is 8.03. The van der Waals surface area contributed by atoms with E-state index < -0.39 is 0 Å². The molecule has 0 N–H and O–H groups in total. The first kappa shape index (κ1) is 15.5. The second-order valence-corrected chi connectivity index (χ2v) is 6.11. The quantitative estimate of drug-likeness (QED) is 0.853. The summed E-state index contributed by atoms with van der Waals surface area (Å²) in [5, 5.41) is 0. The van der Waals surface area contributed by atoms with Gasteiger partial charge in [0.25, 0.3) is 0 Å². The van der Waals surface area contributed by atoms with Crippen LogP contribution in [0.2, 0.25) is 0 Å². The molecule has 4 heteroatoms. The van der Waals surface area contributed by atoms with Crippen molar-refractivity contribution >= 4 is 5.91 Å². The van der Waals surface area contributed by atoms with Gasteiger partial charge in [-0.2, -0.15) is 0 Å². The normalized spacial score (nSPS) is 14.4. The van der Waals surface area contributed by atoms with Gasteiger partial charge in [-0.3, -0.25) is 9.78 Å². The fourth-order valence-corrected chi connectivity index (χ4v) is 2.64. The van der Waals surface area contributed by atoms with Crippen LogP contribution >= 0.6 is 0 Å². The zero-order valence-electron chi connectivity index (χ0n) is 13.7. The van der Waals surface area contributed by atoms with Crippen LogP contribution in [-0.4, -0.2) is 35.0 Å². The Morgan fingerprint density at radius 1 is 1.22 bits per heavy atom. The van der Waals surface area contributed by atoms with Crippen molar-refractivity contribution in [2.75, 3.05) is 13.1 Å². The molecule has 2 heterocycles. The highest BCUT2D eigenvalue weighted by atomic mass is 16.5. The van der Waals surface area contributed by atoms with E-state index >= 15 is 0 Å². The van der Waals surface area contributed by atoms with Crippen LogP contribution in [0.4, 0.5) is 0 Å². The van der Waals surface area contributed by atoms with Crippen molar-refractivity contribution in [2.45, 2.75) is 32.8 Å². The fraction of sp³-hybridized carbons (Fsp3) is 0.368. The van der Waals surface area contributed by atoms with E-state index in [0.29, 0.717) is 19.5 Å². The maximum Gasteiger partial charge on any atom is 0.223 e. The maximum atomic E-state index is 12.2. The lowest BCUT2D eigenvalue weighted by Gasteiger charge is -2.39. The Kier molecular flexibility index (Phi) is 4.60. The van der Waals surface area contributed by atoms with Gasteiger partial charge in [0.05, 0.1) is 13.1 Å². The summed E-state index contributed by atoms with van der Waals surface area (Å²) in [6.45, 7) is 5.36. The first-order valence-electron chi connectivity index (χ1n) is 8.03. The SMILES string of the molecule is Cc1ccc(CCC(=O)N2CC(Oc3ccccc3C)C2)cn1. The summed E-state index contributed by atoms with van der Waals surface area (Å²) >= 11 is 0. The summed E-state index contributed by atoms with van der Waals surface area (Å²) < 4.78 is 5.93. The second-order valence-electron chi connectivity index (χ2n) is 6.11. The Balaban J connectivity index is 1.43. The summed E-state index contributed by atoms with van der Waals surface area (Å²) in [6, 6.07) is 12.0. The van der Waals surface area contributed by atoms with Gasteiger partial charge in [0, 0.05) is 18.3 Å². The largest absolute Gasteiger partial charge is 0.486 e. The van der Waals surface area contributed by atoms with E-state index in [4.69, 9.17) is 4.74 Å². The third kappa shape index (κ3) is 3.89. The van der Waals surface area contributed by atoms with E-state index in [1.165, 1.54) is 0 Å². The van der Waals surface area contributed by atoms with Crippen LogP contribution in [0, 0.1) is 13.8 Å². The van der Waals surface area contributed by atoms with Crippen LogP contribution in [0.15, 0.2) is 42.6 Å². The number of rotatable bonds is 5. The standard InChI is InChI=1S/C19H22N2O2/c1-14-5-3-4-6-18(14)23-17-12-21(13-17)19(22)10-9-16-8-7-15(2)20-11-16/h3-8,11,17H,9-10,12-13H2,1-2H3. The van der Waals surface area contributed by atoms with Crippen molar-refractivity contribution < 1.29 is 9.53 Å². The molecular weight excluding hydrogens is 288 g/mol. The molecule has 1 aromatic carbocycles. The third-order valence-electron chi connectivity index (χ3n) is 4.19. The van der Waals surface area contributed by atoms with Crippen LogP contribution in [0.1, 0.15) is 23.2 Å². The summed E-state index contributed by atoms with van der Waals surface area (Å²) in [4.78, 5) is 18.3. The molecule has 0 bridgehead atoms. The van der Waals surface area contributed by atoms with Crippen molar-refractivity contribution in [1.82, 2.24) is 9.88 Å². The molecule has 23 heavy (non-hydrogen) atoms. The number of carbonyl (C=O) groups excluding carboxylic acids is 1. The van der Waals surface area contributed by atoms with Gasteiger partial charge in [0.1, 0.15) is 11.9 Å². The van der Waals surface area contributed by atoms with Crippen molar-refractivity contribution in [1.29, 1.82) is 0 Å². The monoisotopic (exact) mass is 310 g/mol. The predicted molar refractivity (Wildman–Crippen MR) is 89.5 cm³/mol. The number of nitrogens with zero attached hydrogens (tertiary/aromatic N) is 2. The van der Waals surface area contributed by atoms with Gasteiger partial charge >= 0.3 is 0 Å². The highest BCUT2D eigenvalue weighted by Crippen LogP contribution is 2.22. The topological polar surface area (TPSA) is 42.4 Å². The van der Waals surface area contributed by atoms with Gasteiger partial charge in [-0.15, -0.1) is 0 Å². The second kappa shape index (κ2) is 6.82. The molecule has 3 rings (SSSR count). The van der Waals surface area contributed by atoms with Crippen LogP contribution in [0.5, 0.6) is 5.75 Å². The number of amides is 1. The Labute approximate surface area is 137 Å². The summed E-state index contributed by atoms with van der Waals surface area (Å²) in [5.74, 6) is 1.10. The van der Waals surface area contributed by atoms with Crippen molar-refractivity contribution in [3.8, 4) is 5.75 Å². The fourth-order valence-electron chi connectivity index (χ4n) is 2.64. The lowest BCUT2D eigenvalue weighted by atomic mass is 10.1. The van der Waals surface area contributed by atoms with Crippen LogP contribution in [0.3, 0.4) is 0 Å². The van der Waals surface area contributed by atoms with Crippen LogP contribution in [0.25, 0.3) is 0 Å². The van der Waals surface area contributed by atoms with E-state index in [9.17, 15) is 4.79 Å². The molecule has 0 saturated carbocycles. The summed E-state index contributed by atoms with van der Waals surface area (Å²) in [5.41, 5.74) is 3.24. The molecule has 1 aromatic heterocycles. The Hall–Kier alpha value is -2.36. The van der Waals surface area contributed by atoms with E-state index in [0.717, 1.165) is 29.0 Å². The van der Waals surface area contributed by atoms with Crippen molar-refractivity contribution in [3.63, 3.8) is 0 Å². The molecule has 1 saturated heterocycles. The molecule has 0 atom stereocenters. The molecule has 4 nitrogen and oxygen atoms in total. The molecule has 1 aliphatic rings. The average molecular weight is 310 g/mol. The van der Waals surface area contributed by atoms with Gasteiger partial charge in [-0.25, -0.2) is 0 Å². The predicted octanol–water partition coefficient (Wildman–Crippen LogP) is 2.92. The number of hydrogen-bond donors (Lipinski definition) is 0. The molecule has 0 radical (unpaired) electrons. The molecule has 120 valence electrons. The number of benzene rings is 1. The van der Waals surface area contributed by atoms with Gasteiger partial charge in [-0.1, -0.05) is 24.3 Å². The minimum absolute atomic E-state index is 0.112. The molecule has 2 aromatic rings. The third-order valence-corrected chi connectivity index (χ3v) is 4.19. The van der Waals surface area contributed by atoms with Gasteiger partial charge < -0.3 is 9.64 Å². The minimum atomic E-state index is 0.112. The lowest BCUT2D eigenvalue weighted by Crippen LogP contribution is -2.56. The van der Waals surface area contributed by atoms with E-state index in [2.05, 4.69) is 4.98 Å². The van der Waals surface area contributed by atoms with E-state index in [1.54, 1.807) is 0 Å². The molecule has 0 spiro atoms. The number of likely N-dealkylation sites (tertiary alicyclic amines) is 1. The van der Waals surface area contributed by atoms with Gasteiger partial charge in [0.15, 0.2) is 0 Å². The number of hydrogen-bond acceptors (Lipinski definition) is 3. The first-order chi connectivity index (χ1) is 11.1. The maximum absolute atomic E-state index is 12.2. The van der Waals surface area contributed by atoms with Crippen LogP contribution in [-0.2, 0) is 11.2 Å². The Morgan fingerprint density at radius 2 is 2.00 bits per heavy atom. The highest BCUT2D eigenvalue weighted by molar-refractivity contribution is 5.77. The Bertz CT molecular complexity index is 676. The molecule has 0 aliphatic carbocycles. The zero-order valence-corrected chi connectivity index (χ0v) is 13.7. The zero-order chi connectivity index (χ0) is 16.2. The molecule has 0 unspecified atom stereocenters. The minimum Gasteiger partial charge on any atom is -0.486 e. The van der Waals surface area contributed by atoms with Gasteiger partial charge in [-0.05, 0) is 43.5 Å². The molecule has 1 amide bonds. The number of aromatic nitrogens is 1. The molecule has 1 aliphatic heterocycles. The lowest BCUT2D eigenvalue weighted by molar-refractivity contribution is -0.139. The summed E-state index contributed by atoms with van der Waals surface area (Å²) in [6.07, 6.45) is 3.23. The Morgan fingerprint density at radius 3 is 2.70 bits per heavy atom. The number of ether oxygens (including phenoxy) is 1.